The highest BCUT2D eigenvalue weighted by atomic mass is 16.1. The lowest BCUT2D eigenvalue weighted by molar-refractivity contribution is -0.119. The van der Waals surface area contributed by atoms with Crippen LogP contribution in [-0.2, 0) is 4.79 Å². The summed E-state index contributed by atoms with van der Waals surface area (Å²) in [6, 6.07) is 8.05. The highest BCUT2D eigenvalue weighted by molar-refractivity contribution is 5.95. The molecule has 1 atom stereocenters. The number of hydrogen-bond acceptors (Lipinski definition) is 2. The Bertz CT molecular complexity index is 582. The molecule has 1 aromatic heterocycles. The maximum Gasteiger partial charge on any atom is 0.228 e. The molecule has 0 aliphatic carbocycles. The molecule has 94 valence electrons. The third-order valence-corrected chi connectivity index (χ3v) is 3.45. The SMILES string of the molecule is Cc1cc2cc(NC(=O)C3CCNC3)ccc2[nH]1. The average molecular weight is 243 g/mol. The van der Waals surface area contributed by atoms with Gasteiger partial charge in [0.1, 0.15) is 0 Å². The molecular formula is C14H17N3O. The van der Waals surface area contributed by atoms with E-state index in [-0.39, 0.29) is 11.8 Å². The predicted molar refractivity (Wildman–Crippen MR) is 72.6 cm³/mol. The van der Waals surface area contributed by atoms with Gasteiger partial charge in [-0.25, -0.2) is 0 Å². The van der Waals surface area contributed by atoms with E-state index >= 15 is 0 Å². The lowest BCUT2D eigenvalue weighted by Gasteiger charge is -2.09. The smallest absolute Gasteiger partial charge is 0.228 e. The molecule has 18 heavy (non-hydrogen) atoms. The third kappa shape index (κ3) is 2.11. The Labute approximate surface area is 106 Å². The number of nitrogens with one attached hydrogen (secondary N) is 3. The van der Waals surface area contributed by atoms with Crippen molar-refractivity contribution in [1.82, 2.24) is 10.3 Å². The van der Waals surface area contributed by atoms with E-state index < -0.39 is 0 Å². The van der Waals surface area contributed by atoms with E-state index in [0.29, 0.717) is 0 Å². The summed E-state index contributed by atoms with van der Waals surface area (Å²) < 4.78 is 0. The van der Waals surface area contributed by atoms with Gasteiger partial charge in [-0.1, -0.05) is 0 Å². The molecule has 1 unspecified atom stereocenters. The van der Waals surface area contributed by atoms with E-state index in [0.717, 1.165) is 41.8 Å². The Balaban J connectivity index is 1.79. The Hall–Kier alpha value is -1.81. The van der Waals surface area contributed by atoms with Gasteiger partial charge >= 0.3 is 0 Å². The number of aryl methyl sites for hydroxylation is 1. The Morgan fingerprint density at radius 2 is 2.28 bits per heavy atom. The third-order valence-electron chi connectivity index (χ3n) is 3.45. The van der Waals surface area contributed by atoms with Crippen LogP contribution in [0.3, 0.4) is 0 Å². The van der Waals surface area contributed by atoms with Gasteiger partial charge in [-0.2, -0.15) is 0 Å². The van der Waals surface area contributed by atoms with Crippen LogP contribution in [-0.4, -0.2) is 24.0 Å². The van der Waals surface area contributed by atoms with Crippen molar-refractivity contribution in [2.45, 2.75) is 13.3 Å². The van der Waals surface area contributed by atoms with Crippen molar-refractivity contribution in [2.24, 2.45) is 5.92 Å². The summed E-state index contributed by atoms with van der Waals surface area (Å²) in [5, 5.41) is 7.33. The first-order valence-corrected chi connectivity index (χ1v) is 6.33. The number of aromatic nitrogens is 1. The van der Waals surface area contributed by atoms with Crippen LogP contribution in [0.5, 0.6) is 0 Å². The van der Waals surface area contributed by atoms with Gasteiger partial charge < -0.3 is 15.6 Å². The molecule has 1 aromatic carbocycles. The average Bonchev–Trinajstić information content (AvgIpc) is 2.95. The minimum Gasteiger partial charge on any atom is -0.359 e. The summed E-state index contributed by atoms with van der Waals surface area (Å²) in [4.78, 5) is 15.3. The summed E-state index contributed by atoms with van der Waals surface area (Å²) in [6.07, 6.45) is 0.928. The van der Waals surface area contributed by atoms with E-state index in [2.05, 4.69) is 21.7 Å². The predicted octanol–water partition coefficient (Wildman–Crippen LogP) is 2.02. The van der Waals surface area contributed by atoms with Crippen molar-refractivity contribution >= 4 is 22.5 Å². The van der Waals surface area contributed by atoms with E-state index in [4.69, 9.17) is 0 Å². The van der Waals surface area contributed by atoms with Crippen LogP contribution in [0.2, 0.25) is 0 Å². The summed E-state index contributed by atoms with van der Waals surface area (Å²) >= 11 is 0. The molecule has 0 bridgehead atoms. The molecule has 0 radical (unpaired) electrons. The fourth-order valence-electron chi connectivity index (χ4n) is 2.48. The van der Waals surface area contributed by atoms with Gasteiger partial charge in [0.15, 0.2) is 0 Å². The number of carbonyl (C=O) groups excluding carboxylic acids is 1. The standard InChI is InChI=1S/C14H17N3O/c1-9-6-11-7-12(2-3-13(11)16-9)17-14(18)10-4-5-15-8-10/h2-3,6-7,10,15-16H,4-5,8H2,1H3,(H,17,18). The fraction of sp³-hybridized carbons (Fsp3) is 0.357. The van der Waals surface area contributed by atoms with E-state index in [9.17, 15) is 4.79 Å². The largest absolute Gasteiger partial charge is 0.359 e. The zero-order valence-corrected chi connectivity index (χ0v) is 10.4. The second-order valence-corrected chi connectivity index (χ2v) is 4.93. The Morgan fingerprint density at radius 3 is 3.06 bits per heavy atom. The van der Waals surface area contributed by atoms with Gasteiger partial charge in [0.05, 0.1) is 5.92 Å². The monoisotopic (exact) mass is 243 g/mol. The summed E-state index contributed by atoms with van der Waals surface area (Å²) in [5.74, 6) is 0.222. The molecule has 3 N–H and O–H groups in total. The second kappa shape index (κ2) is 4.46. The molecule has 2 aromatic rings. The number of hydrogen-bond donors (Lipinski definition) is 3. The lowest BCUT2D eigenvalue weighted by Crippen LogP contribution is -2.24. The van der Waals surface area contributed by atoms with Crippen LogP contribution in [0.15, 0.2) is 24.3 Å². The van der Waals surface area contributed by atoms with Gasteiger partial charge in [-0.3, -0.25) is 4.79 Å². The van der Waals surface area contributed by atoms with Crippen LogP contribution in [0.1, 0.15) is 12.1 Å². The maximum absolute atomic E-state index is 12.0. The molecule has 4 nitrogen and oxygen atoms in total. The molecule has 1 fully saturated rings. The van der Waals surface area contributed by atoms with Gasteiger partial charge in [0.25, 0.3) is 0 Å². The summed E-state index contributed by atoms with van der Waals surface area (Å²) in [7, 11) is 0. The molecule has 1 saturated heterocycles. The molecule has 3 rings (SSSR count). The van der Waals surface area contributed by atoms with E-state index in [1.807, 2.05) is 25.1 Å². The molecule has 1 aliphatic heterocycles. The fourth-order valence-corrected chi connectivity index (χ4v) is 2.48. The number of carbonyl (C=O) groups is 1. The van der Waals surface area contributed by atoms with Crippen LogP contribution in [0, 0.1) is 12.8 Å². The quantitative estimate of drug-likeness (QED) is 0.756. The summed E-state index contributed by atoms with van der Waals surface area (Å²) in [6.45, 7) is 3.76. The zero-order chi connectivity index (χ0) is 12.5. The van der Waals surface area contributed by atoms with Gasteiger partial charge in [0, 0.05) is 28.8 Å². The number of H-pyrrole nitrogens is 1. The molecule has 0 spiro atoms. The number of amides is 1. The van der Waals surface area contributed by atoms with E-state index in [1.165, 1.54) is 0 Å². The molecular weight excluding hydrogens is 226 g/mol. The molecule has 0 saturated carbocycles. The molecule has 1 aliphatic rings. The van der Waals surface area contributed by atoms with Crippen LogP contribution in [0.25, 0.3) is 10.9 Å². The Kier molecular flexibility index (Phi) is 2.80. The van der Waals surface area contributed by atoms with Gasteiger partial charge in [-0.15, -0.1) is 0 Å². The van der Waals surface area contributed by atoms with Crippen molar-refractivity contribution in [3.05, 3.63) is 30.0 Å². The number of aromatic amines is 1. The second-order valence-electron chi connectivity index (χ2n) is 4.93. The highest BCUT2D eigenvalue weighted by Crippen LogP contribution is 2.20. The van der Waals surface area contributed by atoms with Gasteiger partial charge in [-0.05, 0) is 44.2 Å². The maximum atomic E-state index is 12.0. The first kappa shape index (κ1) is 11.3. The minimum atomic E-state index is 0.105. The van der Waals surface area contributed by atoms with Crippen LogP contribution < -0.4 is 10.6 Å². The summed E-state index contributed by atoms with van der Waals surface area (Å²) in [5.41, 5.74) is 3.11. The first-order valence-electron chi connectivity index (χ1n) is 6.33. The van der Waals surface area contributed by atoms with Crippen molar-refractivity contribution in [2.75, 3.05) is 18.4 Å². The van der Waals surface area contributed by atoms with Crippen molar-refractivity contribution < 1.29 is 4.79 Å². The molecule has 1 amide bonds. The highest BCUT2D eigenvalue weighted by Gasteiger charge is 2.22. The lowest BCUT2D eigenvalue weighted by atomic mass is 10.1. The van der Waals surface area contributed by atoms with Crippen molar-refractivity contribution in [3.8, 4) is 0 Å². The van der Waals surface area contributed by atoms with Gasteiger partial charge in [0.2, 0.25) is 5.91 Å². The number of anilines is 1. The number of benzene rings is 1. The number of fused-ring (bicyclic) bond motifs is 1. The first-order chi connectivity index (χ1) is 8.72. The van der Waals surface area contributed by atoms with Crippen LogP contribution in [0.4, 0.5) is 5.69 Å². The Morgan fingerprint density at radius 1 is 1.39 bits per heavy atom. The minimum absolute atomic E-state index is 0.105. The van der Waals surface area contributed by atoms with Crippen LogP contribution >= 0.6 is 0 Å². The zero-order valence-electron chi connectivity index (χ0n) is 10.4. The van der Waals surface area contributed by atoms with Crippen molar-refractivity contribution in [3.63, 3.8) is 0 Å². The number of rotatable bonds is 2. The topological polar surface area (TPSA) is 56.9 Å². The van der Waals surface area contributed by atoms with Crippen molar-refractivity contribution in [1.29, 1.82) is 0 Å². The van der Waals surface area contributed by atoms with E-state index in [1.54, 1.807) is 0 Å². The molecule has 4 heteroatoms. The normalized spacial score (nSPS) is 19.3. The molecule has 2 heterocycles.